The average Bonchev–Trinajstić information content (AvgIpc) is 2.60. The molecule has 0 spiro atoms. The number of nitrogens with one attached hydrogen (secondary N) is 2. The zero-order valence-corrected chi connectivity index (χ0v) is 15.4. The number of sulfonamides is 1. The van der Waals surface area contributed by atoms with Gasteiger partial charge in [-0.15, -0.1) is 0 Å². The summed E-state index contributed by atoms with van der Waals surface area (Å²) in [5, 5.41) is 12.2. The third kappa shape index (κ3) is 5.57. The van der Waals surface area contributed by atoms with Crippen LogP contribution in [0.2, 0.25) is 0 Å². The summed E-state index contributed by atoms with van der Waals surface area (Å²) in [6, 6.07) is 4.13. The lowest BCUT2D eigenvalue weighted by Gasteiger charge is -2.15. The third-order valence-corrected chi connectivity index (χ3v) is 5.71. The number of allylic oxidation sites excluding steroid dienone is 1. The Morgan fingerprint density at radius 1 is 1.24 bits per heavy atom. The van der Waals surface area contributed by atoms with Gasteiger partial charge in [-0.05, 0) is 56.7 Å². The second-order valence-electron chi connectivity index (χ2n) is 6.20. The summed E-state index contributed by atoms with van der Waals surface area (Å²) in [6.45, 7) is 2.91. The second-order valence-corrected chi connectivity index (χ2v) is 7.93. The van der Waals surface area contributed by atoms with Crippen molar-refractivity contribution in [1.29, 1.82) is 0 Å². The topological polar surface area (TPSA) is 95.5 Å². The van der Waals surface area contributed by atoms with Gasteiger partial charge in [0.15, 0.2) is 0 Å². The van der Waals surface area contributed by atoms with Gasteiger partial charge in [0.25, 0.3) is 0 Å². The lowest BCUT2D eigenvalue weighted by Crippen LogP contribution is -2.26. The van der Waals surface area contributed by atoms with E-state index in [9.17, 15) is 13.2 Å². The van der Waals surface area contributed by atoms with Crippen molar-refractivity contribution in [2.45, 2.75) is 50.3 Å². The molecule has 0 heterocycles. The number of anilines is 1. The summed E-state index contributed by atoms with van der Waals surface area (Å²) in [7, 11) is -3.78. The van der Waals surface area contributed by atoms with Crippen LogP contribution < -0.4 is 10.0 Å². The molecule has 0 radical (unpaired) electrons. The molecule has 0 fully saturated rings. The first-order valence-corrected chi connectivity index (χ1v) is 10.2. The Labute approximate surface area is 149 Å². The van der Waals surface area contributed by atoms with Crippen molar-refractivity contribution in [2.24, 2.45) is 0 Å². The fraction of sp³-hybridized carbons (Fsp3) is 0.500. The van der Waals surface area contributed by atoms with E-state index in [2.05, 4.69) is 16.1 Å². The van der Waals surface area contributed by atoms with Crippen LogP contribution in [0.25, 0.3) is 0 Å². The molecule has 0 atom stereocenters. The lowest BCUT2D eigenvalue weighted by molar-refractivity contribution is 0.0696. The molecule has 0 bridgehead atoms. The van der Waals surface area contributed by atoms with Gasteiger partial charge >= 0.3 is 5.97 Å². The molecule has 1 aliphatic carbocycles. The molecule has 25 heavy (non-hydrogen) atoms. The minimum atomic E-state index is -3.78. The first kappa shape index (κ1) is 19.5. The second kappa shape index (κ2) is 9.01. The Balaban J connectivity index is 2.15. The van der Waals surface area contributed by atoms with Crippen molar-refractivity contribution in [3.63, 3.8) is 0 Å². The van der Waals surface area contributed by atoms with Gasteiger partial charge in [0.2, 0.25) is 10.0 Å². The Hall–Kier alpha value is -1.86. The Morgan fingerprint density at radius 3 is 2.68 bits per heavy atom. The highest BCUT2D eigenvalue weighted by Gasteiger charge is 2.20. The molecule has 0 aromatic heterocycles. The van der Waals surface area contributed by atoms with Gasteiger partial charge in [-0.3, -0.25) is 0 Å². The molecule has 3 N–H and O–H groups in total. The maximum atomic E-state index is 12.7. The first-order valence-electron chi connectivity index (χ1n) is 8.73. The normalized spacial score (nSPS) is 14.8. The zero-order chi connectivity index (χ0) is 18.3. The molecule has 0 saturated heterocycles. The van der Waals surface area contributed by atoms with E-state index in [0.29, 0.717) is 25.2 Å². The van der Waals surface area contributed by atoms with Crippen molar-refractivity contribution in [2.75, 3.05) is 18.4 Å². The molecule has 1 aromatic carbocycles. The average molecular weight is 366 g/mol. The summed E-state index contributed by atoms with van der Waals surface area (Å²) in [5.74, 6) is -1.15. The van der Waals surface area contributed by atoms with Gasteiger partial charge in [0, 0.05) is 13.1 Å². The number of aromatic carboxylic acids is 1. The van der Waals surface area contributed by atoms with E-state index in [1.165, 1.54) is 30.2 Å². The van der Waals surface area contributed by atoms with Crippen molar-refractivity contribution in [1.82, 2.24) is 4.72 Å². The van der Waals surface area contributed by atoms with Crippen LogP contribution in [0.3, 0.4) is 0 Å². The van der Waals surface area contributed by atoms with E-state index in [0.717, 1.165) is 25.7 Å². The van der Waals surface area contributed by atoms with Crippen LogP contribution in [0.15, 0.2) is 34.7 Å². The minimum absolute atomic E-state index is 0.0153. The molecular formula is C18H26N2O4S. The molecule has 0 unspecified atom stereocenters. The molecule has 1 aromatic rings. The van der Waals surface area contributed by atoms with Gasteiger partial charge in [0.1, 0.15) is 4.90 Å². The maximum absolute atomic E-state index is 12.7. The number of benzene rings is 1. The van der Waals surface area contributed by atoms with Gasteiger partial charge in [-0.2, -0.15) is 0 Å². The van der Waals surface area contributed by atoms with Crippen LogP contribution in [-0.4, -0.2) is 32.6 Å². The van der Waals surface area contributed by atoms with E-state index in [-0.39, 0.29) is 10.5 Å². The molecule has 138 valence electrons. The van der Waals surface area contributed by atoms with E-state index in [1.54, 1.807) is 0 Å². The van der Waals surface area contributed by atoms with Crippen LogP contribution >= 0.6 is 0 Å². The molecule has 0 amide bonds. The Bertz CT molecular complexity index is 741. The fourth-order valence-corrected chi connectivity index (χ4v) is 4.08. The van der Waals surface area contributed by atoms with Crippen molar-refractivity contribution >= 4 is 21.7 Å². The monoisotopic (exact) mass is 366 g/mol. The van der Waals surface area contributed by atoms with Gasteiger partial charge in [-0.1, -0.05) is 18.6 Å². The van der Waals surface area contributed by atoms with Gasteiger partial charge in [0.05, 0.1) is 11.3 Å². The molecule has 6 nitrogen and oxygen atoms in total. The highest BCUT2D eigenvalue weighted by Crippen LogP contribution is 2.24. The van der Waals surface area contributed by atoms with Crippen LogP contribution in [0.4, 0.5) is 5.69 Å². The van der Waals surface area contributed by atoms with Crippen molar-refractivity contribution in [3.05, 3.63) is 35.4 Å². The number of carbonyl (C=O) groups is 1. The van der Waals surface area contributed by atoms with Crippen LogP contribution in [0.1, 0.15) is 55.8 Å². The summed E-state index contributed by atoms with van der Waals surface area (Å²) in [4.78, 5) is 11.2. The number of carboxylic acid groups (broad SMARTS) is 1. The van der Waals surface area contributed by atoms with Crippen molar-refractivity contribution in [3.8, 4) is 0 Å². The van der Waals surface area contributed by atoms with Crippen LogP contribution in [0.5, 0.6) is 0 Å². The largest absolute Gasteiger partial charge is 0.478 e. The zero-order valence-electron chi connectivity index (χ0n) is 14.5. The number of rotatable bonds is 9. The molecule has 1 aliphatic rings. The summed E-state index contributed by atoms with van der Waals surface area (Å²) in [6.07, 6.45) is 8.16. The van der Waals surface area contributed by atoms with E-state index >= 15 is 0 Å². The smallest absolute Gasteiger partial charge is 0.335 e. The molecule has 7 heteroatoms. The molecular weight excluding hydrogens is 340 g/mol. The summed E-state index contributed by atoms with van der Waals surface area (Å²) < 4.78 is 27.9. The number of carboxylic acids is 1. The highest BCUT2D eigenvalue weighted by molar-refractivity contribution is 7.89. The Morgan fingerprint density at radius 2 is 2.04 bits per heavy atom. The number of hydrogen-bond donors (Lipinski definition) is 3. The quantitative estimate of drug-likeness (QED) is 0.582. The SMILES string of the molecule is CCCNc1ccc(C(=O)O)cc1S(=O)(=O)NCCC1=CCCCC1. The maximum Gasteiger partial charge on any atom is 0.335 e. The highest BCUT2D eigenvalue weighted by atomic mass is 32.2. The minimum Gasteiger partial charge on any atom is -0.478 e. The Kier molecular flexibility index (Phi) is 7.01. The molecule has 0 saturated carbocycles. The summed E-state index contributed by atoms with van der Waals surface area (Å²) in [5.41, 5.74) is 1.67. The van der Waals surface area contributed by atoms with Crippen LogP contribution in [-0.2, 0) is 10.0 Å². The van der Waals surface area contributed by atoms with E-state index in [1.807, 2.05) is 6.92 Å². The predicted molar refractivity (Wildman–Crippen MR) is 98.5 cm³/mol. The van der Waals surface area contributed by atoms with Crippen LogP contribution in [0, 0.1) is 0 Å². The lowest BCUT2D eigenvalue weighted by atomic mass is 9.97. The molecule has 0 aliphatic heterocycles. The summed E-state index contributed by atoms with van der Waals surface area (Å²) >= 11 is 0. The van der Waals surface area contributed by atoms with Gasteiger partial charge in [-0.25, -0.2) is 17.9 Å². The number of hydrogen-bond acceptors (Lipinski definition) is 4. The first-order chi connectivity index (χ1) is 11.9. The standard InChI is InChI=1S/C18H26N2O4S/c1-2-11-19-16-9-8-15(18(21)22)13-17(16)25(23,24)20-12-10-14-6-4-3-5-7-14/h6,8-9,13,19-20H,2-5,7,10-12H2,1H3,(H,21,22). The van der Waals surface area contributed by atoms with Gasteiger partial charge < -0.3 is 10.4 Å². The molecule has 2 rings (SSSR count). The van der Waals surface area contributed by atoms with Crippen molar-refractivity contribution < 1.29 is 18.3 Å². The third-order valence-electron chi connectivity index (χ3n) is 4.21. The fourth-order valence-electron chi connectivity index (χ4n) is 2.84. The van der Waals surface area contributed by atoms with E-state index < -0.39 is 16.0 Å². The van der Waals surface area contributed by atoms with E-state index in [4.69, 9.17) is 5.11 Å². The predicted octanol–water partition coefficient (Wildman–Crippen LogP) is 3.38.